The van der Waals surface area contributed by atoms with Gasteiger partial charge in [0.05, 0.1) is 11.4 Å². The second kappa shape index (κ2) is 3.29. The van der Waals surface area contributed by atoms with Gasteiger partial charge in [-0.05, 0) is 26.7 Å². The van der Waals surface area contributed by atoms with Gasteiger partial charge in [-0.1, -0.05) is 0 Å². The molecule has 1 rings (SSSR count). The van der Waals surface area contributed by atoms with Crippen LogP contribution in [-0.2, 0) is 19.4 Å². The lowest BCUT2D eigenvalue weighted by atomic mass is 10.5. The van der Waals surface area contributed by atoms with Crippen molar-refractivity contribution in [2.24, 2.45) is 0 Å². The van der Waals surface area contributed by atoms with E-state index >= 15 is 0 Å². The molecule has 0 unspecified atom stereocenters. The minimum Gasteiger partial charge on any atom is -0.465 e. The average Bonchev–Trinajstić information content (AvgIpc) is 2.68. The molecule has 76 valence electrons. The van der Waals surface area contributed by atoms with Gasteiger partial charge in [0.2, 0.25) is 0 Å². The molecule has 0 atom stereocenters. The topological polar surface area (TPSA) is 60.4 Å². The second-order valence-corrected chi connectivity index (χ2v) is 6.02. The molecule has 5 heteroatoms. The van der Waals surface area contributed by atoms with E-state index in [-0.39, 0.29) is 6.61 Å². The van der Waals surface area contributed by atoms with Gasteiger partial charge in [0.15, 0.2) is 9.84 Å². The molecule has 13 heavy (non-hydrogen) atoms. The zero-order valence-corrected chi connectivity index (χ0v) is 8.69. The largest absolute Gasteiger partial charge is 0.465 e. The number of carbonyl (C=O) groups is 1. The smallest absolute Gasteiger partial charge is 0.321 e. The molecule has 0 amide bonds. The summed E-state index contributed by atoms with van der Waals surface area (Å²) in [5.74, 6) is -1.12. The Morgan fingerprint density at radius 3 is 2.38 bits per heavy atom. The SMILES string of the molecule is CCOC(=O)CS(=O)(=O)C1(C)CC1. The Morgan fingerprint density at radius 2 is 2.00 bits per heavy atom. The first-order chi connectivity index (χ1) is 5.91. The van der Waals surface area contributed by atoms with Crippen LogP contribution in [0.1, 0.15) is 26.7 Å². The Kier molecular flexibility index (Phi) is 2.66. The highest BCUT2D eigenvalue weighted by molar-refractivity contribution is 7.93. The third-order valence-electron chi connectivity index (χ3n) is 2.32. The van der Waals surface area contributed by atoms with Crippen molar-refractivity contribution >= 4 is 15.8 Å². The molecule has 0 spiro atoms. The predicted molar refractivity (Wildman–Crippen MR) is 48.1 cm³/mol. The normalized spacial score (nSPS) is 19.5. The van der Waals surface area contributed by atoms with Crippen molar-refractivity contribution in [2.75, 3.05) is 12.4 Å². The zero-order chi connectivity index (χ0) is 10.1. The number of ether oxygens (including phenoxy) is 1. The molecule has 0 heterocycles. The number of carbonyl (C=O) groups excluding carboxylic acids is 1. The van der Waals surface area contributed by atoms with E-state index in [4.69, 9.17) is 0 Å². The lowest BCUT2D eigenvalue weighted by molar-refractivity contribution is -0.139. The minimum absolute atomic E-state index is 0.227. The highest BCUT2D eigenvalue weighted by Crippen LogP contribution is 2.43. The highest BCUT2D eigenvalue weighted by Gasteiger charge is 2.50. The Bertz CT molecular complexity index is 300. The fourth-order valence-electron chi connectivity index (χ4n) is 1.02. The maximum Gasteiger partial charge on any atom is 0.321 e. The number of sulfone groups is 1. The van der Waals surface area contributed by atoms with Crippen molar-refractivity contribution in [1.29, 1.82) is 0 Å². The maximum absolute atomic E-state index is 11.5. The van der Waals surface area contributed by atoms with Crippen LogP contribution in [0.4, 0.5) is 0 Å². The van der Waals surface area contributed by atoms with Crippen LogP contribution in [0.3, 0.4) is 0 Å². The third kappa shape index (κ3) is 2.21. The quantitative estimate of drug-likeness (QED) is 0.629. The Hall–Kier alpha value is -0.580. The third-order valence-corrected chi connectivity index (χ3v) is 4.84. The standard InChI is InChI=1S/C8H14O4S/c1-3-12-7(9)6-13(10,11)8(2)4-5-8/h3-6H2,1-2H3. The van der Waals surface area contributed by atoms with Crippen molar-refractivity contribution in [3.05, 3.63) is 0 Å². The molecule has 0 aromatic heterocycles. The summed E-state index contributed by atoms with van der Waals surface area (Å²) >= 11 is 0. The molecule has 1 aliphatic carbocycles. The summed E-state index contributed by atoms with van der Waals surface area (Å²) in [4.78, 5) is 10.9. The first-order valence-electron chi connectivity index (χ1n) is 4.29. The van der Waals surface area contributed by atoms with E-state index in [1.54, 1.807) is 13.8 Å². The van der Waals surface area contributed by atoms with Crippen LogP contribution in [0.5, 0.6) is 0 Å². The number of hydrogen-bond donors (Lipinski definition) is 0. The molecule has 1 fully saturated rings. The summed E-state index contributed by atoms with van der Waals surface area (Å²) in [6, 6.07) is 0. The van der Waals surface area contributed by atoms with Crippen LogP contribution < -0.4 is 0 Å². The van der Waals surface area contributed by atoms with Crippen LogP contribution in [0, 0.1) is 0 Å². The van der Waals surface area contributed by atoms with E-state index in [2.05, 4.69) is 4.74 Å². The van der Waals surface area contributed by atoms with Crippen LogP contribution in [-0.4, -0.2) is 31.5 Å². The molecule has 1 saturated carbocycles. The van der Waals surface area contributed by atoms with E-state index in [0.717, 1.165) is 0 Å². The summed E-state index contributed by atoms with van der Waals surface area (Å²) in [6.45, 7) is 3.55. The summed E-state index contributed by atoms with van der Waals surface area (Å²) < 4.78 is 26.9. The predicted octanol–water partition coefficient (Wildman–Crippen LogP) is 0.517. The summed E-state index contributed by atoms with van der Waals surface area (Å²) in [6.07, 6.45) is 1.32. The summed E-state index contributed by atoms with van der Waals surface area (Å²) in [7, 11) is -3.28. The van der Waals surface area contributed by atoms with Crippen LogP contribution in [0.2, 0.25) is 0 Å². The summed E-state index contributed by atoms with van der Waals surface area (Å²) in [5, 5.41) is 0. The van der Waals surface area contributed by atoms with Gasteiger partial charge in [-0.3, -0.25) is 4.79 Å². The highest BCUT2D eigenvalue weighted by atomic mass is 32.2. The minimum atomic E-state index is -3.28. The molecule has 0 radical (unpaired) electrons. The lowest BCUT2D eigenvalue weighted by Gasteiger charge is -2.09. The fraction of sp³-hybridized carbons (Fsp3) is 0.875. The van der Waals surface area contributed by atoms with E-state index in [1.165, 1.54) is 0 Å². The van der Waals surface area contributed by atoms with E-state index in [0.29, 0.717) is 12.8 Å². The molecule has 0 aliphatic heterocycles. The molecular weight excluding hydrogens is 192 g/mol. The first kappa shape index (κ1) is 10.5. The van der Waals surface area contributed by atoms with Gasteiger partial charge in [-0.2, -0.15) is 0 Å². The summed E-state index contributed by atoms with van der Waals surface area (Å²) in [5.41, 5.74) is 0. The van der Waals surface area contributed by atoms with Gasteiger partial charge in [-0.25, -0.2) is 8.42 Å². The maximum atomic E-state index is 11.5. The van der Waals surface area contributed by atoms with Crippen molar-refractivity contribution < 1.29 is 17.9 Å². The monoisotopic (exact) mass is 206 g/mol. The molecular formula is C8H14O4S. The molecule has 1 aliphatic rings. The van der Waals surface area contributed by atoms with Gasteiger partial charge >= 0.3 is 5.97 Å². The number of rotatable bonds is 4. The number of hydrogen-bond acceptors (Lipinski definition) is 4. The van der Waals surface area contributed by atoms with E-state index < -0.39 is 26.3 Å². The first-order valence-corrected chi connectivity index (χ1v) is 5.94. The van der Waals surface area contributed by atoms with Gasteiger partial charge in [0, 0.05) is 0 Å². The Labute approximate surface area is 78.2 Å². The zero-order valence-electron chi connectivity index (χ0n) is 7.87. The lowest BCUT2D eigenvalue weighted by Crippen LogP contribution is -2.28. The van der Waals surface area contributed by atoms with Crippen LogP contribution in [0.15, 0.2) is 0 Å². The second-order valence-electron chi connectivity index (χ2n) is 3.51. The van der Waals surface area contributed by atoms with Crippen molar-refractivity contribution in [2.45, 2.75) is 31.4 Å². The molecule has 0 aromatic carbocycles. The molecule has 0 saturated heterocycles. The van der Waals surface area contributed by atoms with Crippen molar-refractivity contribution in [3.63, 3.8) is 0 Å². The molecule has 0 aromatic rings. The van der Waals surface area contributed by atoms with Gasteiger partial charge in [0.1, 0.15) is 5.75 Å². The Morgan fingerprint density at radius 1 is 1.46 bits per heavy atom. The van der Waals surface area contributed by atoms with Gasteiger partial charge in [0.25, 0.3) is 0 Å². The molecule has 4 nitrogen and oxygen atoms in total. The van der Waals surface area contributed by atoms with Gasteiger partial charge < -0.3 is 4.74 Å². The van der Waals surface area contributed by atoms with E-state index in [9.17, 15) is 13.2 Å². The number of esters is 1. The molecule has 0 bridgehead atoms. The van der Waals surface area contributed by atoms with Crippen molar-refractivity contribution in [1.82, 2.24) is 0 Å². The fourth-order valence-corrected chi connectivity index (χ4v) is 2.49. The Balaban J connectivity index is 2.58. The van der Waals surface area contributed by atoms with E-state index in [1.807, 2.05) is 0 Å². The van der Waals surface area contributed by atoms with Gasteiger partial charge in [-0.15, -0.1) is 0 Å². The van der Waals surface area contributed by atoms with Crippen LogP contribution >= 0.6 is 0 Å². The molecule has 0 N–H and O–H groups in total. The average molecular weight is 206 g/mol. The van der Waals surface area contributed by atoms with Crippen molar-refractivity contribution in [3.8, 4) is 0 Å². The van der Waals surface area contributed by atoms with Crippen LogP contribution in [0.25, 0.3) is 0 Å².